The van der Waals surface area contributed by atoms with E-state index in [1.807, 2.05) is 30.5 Å². The topological polar surface area (TPSA) is 44.9 Å². The summed E-state index contributed by atoms with van der Waals surface area (Å²) in [4.78, 5) is 15.0. The van der Waals surface area contributed by atoms with E-state index in [0.29, 0.717) is 13.0 Å². The molecule has 0 unspecified atom stereocenters. The fourth-order valence-corrected chi connectivity index (χ4v) is 2.31. The molecule has 0 spiro atoms. The van der Waals surface area contributed by atoms with Crippen LogP contribution >= 0.6 is 0 Å². The standard InChI is InChI=1S/C17H15FN2O/c18-15-3-1-2-13(9-15)11-20-17(21)10-12-4-5-16-14(8-12)6-7-19-16/h1-9,19H,10-11H2,(H,20,21). The summed E-state index contributed by atoms with van der Waals surface area (Å²) in [7, 11) is 0. The number of hydrogen-bond donors (Lipinski definition) is 2. The highest BCUT2D eigenvalue weighted by molar-refractivity contribution is 5.83. The average molecular weight is 282 g/mol. The fraction of sp³-hybridized carbons (Fsp3) is 0.118. The Hall–Kier alpha value is -2.62. The predicted octanol–water partition coefficient (Wildman–Crippen LogP) is 3.17. The second kappa shape index (κ2) is 5.79. The van der Waals surface area contributed by atoms with Crippen molar-refractivity contribution < 1.29 is 9.18 Å². The molecule has 106 valence electrons. The number of carbonyl (C=O) groups is 1. The van der Waals surface area contributed by atoms with E-state index in [2.05, 4.69) is 10.3 Å². The summed E-state index contributed by atoms with van der Waals surface area (Å²) >= 11 is 0. The molecule has 1 aromatic heterocycles. The van der Waals surface area contributed by atoms with Crippen LogP contribution in [0, 0.1) is 5.82 Å². The van der Waals surface area contributed by atoms with Gasteiger partial charge in [0.05, 0.1) is 6.42 Å². The van der Waals surface area contributed by atoms with Crippen LogP contribution in [0.4, 0.5) is 4.39 Å². The van der Waals surface area contributed by atoms with Crippen LogP contribution in [0.3, 0.4) is 0 Å². The van der Waals surface area contributed by atoms with Gasteiger partial charge in [-0.3, -0.25) is 4.79 Å². The number of fused-ring (bicyclic) bond motifs is 1. The summed E-state index contributed by atoms with van der Waals surface area (Å²) < 4.78 is 13.0. The Morgan fingerprint density at radius 3 is 2.86 bits per heavy atom. The first-order chi connectivity index (χ1) is 10.2. The normalized spacial score (nSPS) is 10.7. The summed E-state index contributed by atoms with van der Waals surface area (Å²) in [6.07, 6.45) is 2.19. The SMILES string of the molecule is O=C(Cc1ccc2[nH]ccc2c1)NCc1cccc(F)c1. The largest absolute Gasteiger partial charge is 0.361 e. The van der Waals surface area contributed by atoms with Crippen molar-refractivity contribution in [2.45, 2.75) is 13.0 Å². The maximum atomic E-state index is 13.0. The van der Waals surface area contributed by atoms with Crippen molar-refractivity contribution in [3.05, 3.63) is 71.7 Å². The Morgan fingerprint density at radius 1 is 1.10 bits per heavy atom. The lowest BCUT2D eigenvalue weighted by atomic mass is 10.1. The molecule has 0 fully saturated rings. The van der Waals surface area contributed by atoms with Crippen molar-refractivity contribution in [1.82, 2.24) is 10.3 Å². The molecule has 3 aromatic rings. The van der Waals surface area contributed by atoms with E-state index in [-0.39, 0.29) is 11.7 Å². The molecular formula is C17H15FN2O. The molecule has 0 bridgehead atoms. The van der Waals surface area contributed by atoms with Crippen molar-refractivity contribution in [2.75, 3.05) is 0 Å². The highest BCUT2D eigenvalue weighted by atomic mass is 19.1. The third kappa shape index (κ3) is 3.28. The molecule has 1 amide bonds. The number of aromatic amines is 1. The minimum Gasteiger partial charge on any atom is -0.361 e. The van der Waals surface area contributed by atoms with Gasteiger partial charge in [-0.05, 0) is 46.8 Å². The van der Waals surface area contributed by atoms with Crippen molar-refractivity contribution in [3.8, 4) is 0 Å². The maximum Gasteiger partial charge on any atom is 0.224 e. The molecule has 0 aliphatic heterocycles. The van der Waals surface area contributed by atoms with Gasteiger partial charge in [0.15, 0.2) is 0 Å². The molecule has 3 nitrogen and oxygen atoms in total. The van der Waals surface area contributed by atoms with E-state index in [4.69, 9.17) is 0 Å². The number of nitrogens with one attached hydrogen (secondary N) is 2. The number of H-pyrrole nitrogens is 1. The molecule has 2 N–H and O–H groups in total. The number of hydrogen-bond acceptors (Lipinski definition) is 1. The maximum absolute atomic E-state index is 13.0. The summed E-state index contributed by atoms with van der Waals surface area (Å²) in [5.41, 5.74) is 2.77. The summed E-state index contributed by atoms with van der Waals surface area (Å²) in [6.45, 7) is 0.336. The van der Waals surface area contributed by atoms with E-state index >= 15 is 0 Å². The average Bonchev–Trinajstić information content (AvgIpc) is 2.93. The molecule has 1 heterocycles. The first kappa shape index (κ1) is 13.4. The molecule has 0 atom stereocenters. The summed E-state index contributed by atoms with van der Waals surface area (Å²) in [5, 5.41) is 3.89. The second-order valence-corrected chi connectivity index (χ2v) is 4.98. The van der Waals surface area contributed by atoms with Crippen LogP contribution in [-0.4, -0.2) is 10.9 Å². The Kier molecular flexibility index (Phi) is 3.69. The zero-order chi connectivity index (χ0) is 14.7. The molecule has 4 heteroatoms. The molecule has 3 rings (SSSR count). The van der Waals surface area contributed by atoms with E-state index in [9.17, 15) is 9.18 Å². The zero-order valence-electron chi connectivity index (χ0n) is 11.4. The van der Waals surface area contributed by atoms with Gasteiger partial charge in [0.2, 0.25) is 5.91 Å². The third-order valence-corrected chi connectivity index (χ3v) is 3.36. The van der Waals surface area contributed by atoms with Crippen molar-refractivity contribution in [2.24, 2.45) is 0 Å². The van der Waals surface area contributed by atoms with Crippen LogP contribution in [-0.2, 0) is 17.8 Å². The van der Waals surface area contributed by atoms with E-state index in [0.717, 1.165) is 22.0 Å². The van der Waals surface area contributed by atoms with Crippen molar-refractivity contribution in [1.29, 1.82) is 0 Å². The van der Waals surface area contributed by atoms with Gasteiger partial charge >= 0.3 is 0 Å². The van der Waals surface area contributed by atoms with Gasteiger partial charge in [0.25, 0.3) is 0 Å². The fourth-order valence-electron chi connectivity index (χ4n) is 2.31. The first-order valence-electron chi connectivity index (χ1n) is 6.78. The molecule has 2 aromatic carbocycles. The Morgan fingerprint density at radius 2 is 2.00 bits per heavy atom. The first-order valence-corrected chi connectivity index (χ1v) is 6.78. The van der Waals surface area contributed by atoms with Crippen molar-refractivity contribution >= 4 is 16.8 Å². The van der Waals surface area contributed by atoms with Gasteiger partial charge in [-0.2, -0.15) is 0 Å². The minimum absolute atomic E-state index is 0.0749. The highest BCUT2D eigenvalue weighted by Gasteiger charge is 2.05. The number of benzene rings is 2. The van der Waals surface area contributed by atoms with Gasteiger partial charge in [0, 0.05) is 18.3 Å². The zero-order valence-corrected chi connectivity index (χ0v) is 11.4. The third-order valence-electron chi connectivity index (χ3n) is 3.36. The van der Waals surface area contributed by atoms with Crippen LogP contribution < -0.4 is 5.32 Å². The van der Waals surface area contributed by atoms with Gasteiger partial charge in [-0.15, -0.1) is 0 Å². The molecule has 0 saturated carbocycles. The van der Waals surface area contributed by atoms with E-state index < -0.39 is 0 Å². The number of carbonyl (C=O) groups excluding carboxylic acids is 1. The highest BCUT2D eigenvalue weighted by Crippen LogP contribution is 2.14. The smallest absolute Gasteiger partial charge is 0.224 e. The summed E-state index contributed by atoms with van der Waals surface area (Å²) in [6, 6.07) is 14.1. The number of rotatable bonds is 4. The van der Waals surface area contributed by atoms with E-state index in [1.165, 1.54) is 12.1 Å². The lowest BCUT2D eigenvalue weighted by molar-refractivity contribution is -0.120. The lowest BCUT2D eigenvalue weighted by Crippen LogP contribution is -2.24. The lowest BCUT2D eigenvalue weighted by Gasteiger charge is -2.06. The van der Waals surface area contributed by atoms with Crippen LogP contribution in [0.1, 0.15) is 11.1 Å². The van der Waals surface area contributed by atoms with Gasteiger partial charge in [-0.1, -0.05) is 18.2 Å². The van der Waals surface area contributed by atoms with Crippen LogP contribution in [0.2, 0.25) is 0 Å². The molecule has 0 radical (unpaired) electrons. The molecular weight excluding hydrogens is 267 g/mol. The van der Waals surface area contributed by atoms with E-state index in [1.54, 1.807) is 12.1 Å². The van der Waals surface area contributed by atoms with Crippen molar-refractivity contribution in [3.63, 3.8) is 0 Å². The quantitative estimate of drug-likeness (QED) is 0.758. The number of amides is 1. The Bertz CT molecular complexity index is 779. The summed E-state index contributed by atoms with van der Waals surface area (Å²) in [5.74, 6) is -0.367. The van der Waals surface area contributed by atoms with Crippen LogP contribution in [0.25, 0.3) is 10.9 Å². The van der Waals surface area contributed by atoms with Crippen LogP contribution in [0.15, 0.2) is 54.7 Å². The van der Waals surface area contributed by atoms with Gasteiger partial charge < -0.3 is 10.3 Å². The number of halogens is 1. The number of aromatic nitrogens is 1. The molecule has 0 aliphatic carbocycles. The second-order valence-electron chi connectivity index (χ2n) is 4.98. The Balaban J connectivity index is 1.60. The predicted molar refractivity (Wildman–Crippen MR) is 80.2 cm³/mol. The van der Waals surface area contributed by atoms with Crippen LogP contribution in [0.5, 0.6) is 0 Å². The minimum atomic E-state index is -0.292. The molecule has 21 heavy (non-hydrogen) atoms. The monoisotopic (exact) mass is 282 g/mol. The van der Waals surface area contributed by atoms with Gasteiger partial charge in [0.1, 0.15) is 5.82 Å². The van der Waals surface area contributed by atoms with Gasteiger partial charge in [-0.25, -0.2) is 4.39 Å². The Labute approximate surface area is 121 Å². The molecule has 0 saturated heterocycles. The molecule has 0 aliphatic rings.